The standard InChI is InChI=1S/C15H24O2/c1-2-3-4-5-13-17-15-10-8-14(9-11-15)7-6-12-16/h8-11,16H,2-7,12-13H2,1H3. The van der Waals surface area contributed by atoms with Gasteiger partial charge in [0.15, 0.2) is 0 Å². The zero-order valence-electron chi connectivity index (χ0n) is 10.8. The topological polar surface area (TPSA) is 29.5 Å². The molecule has 0 bridgehead atoms. The van der Waals surface area contributed by atoms with Crippen molar-refractivity contribution in [3.8, 4) is 5.75 Å². The van der Waals surface area contributed by atoms with Gasteiger partial charge in [-0.25, -0.2) is 0 Å². The molecule has 1 aromatic rings. The van der Waals surface area contributed by atoms with Crippen LogP contribution < -0.4 is 4.74 Å². The lowest BCUT2D eigenvalue weighted by Crippen LogP contribution is -1.97. The van der Waals surface area contributed by atoms with E-state index in [-0.39, 0.29) is 6.61 Å². The predicted molar refractivity (Wildman–Crippen MR) is 71.5 cm³/mol. The maximum absolute atomic E-state index is 8.74. The third kappa shape index (κ3) is 6.32. The smallest absolute Gasteiger partial charge is 0.119 e. The van der Waals surface area contributed by atoms with Gasteiger partial charge in [0.2, 0.25) is 0 Å². The van der Waals surface area contributed by atoms with E-state index in [0.717, 1.165) is 31.6 Å². The van der Waals surface area contributed by atoms with E-state index in [9.17, 15) is 0 Å². The van der Waals surface area contributed by atoms with E-state index in [2.05, 4.69) is 19.1 Å². The summed E-state index contributed by atoms with van der Waals surface area (Å²) >= 11 is 0. The maximum atomic E-state index is 8.74. The molecule has 0 aliphatic rings. The van der Waals surface area contributed by atoms with Gasteiger partial charge in [-0.05, 0) is 37.0 Å². The van der Waals surface area contributed by atoms with E-state index in [1.807, 2.05) is 12.1 Å². The Labute approximate surface area is 105 Å². The molecule has 0 spiro atoms. The average Bonchev–Trinajstić information content (AvgIpc) is 2.37. The molecular weight excluding hydrogens is 212 g/mol. The van der Waals surface area contributed by atoms with Crippen molar-refractivity contribution in [2.45, 2.75) is 45.4 Å². The Morgan fingerprint density at radius 3 is 2.41 bits per heavy atom. The number of aliphatic hydroxyl groups is 1. The van der Waals surface area contributed by atoms with Gasteiger partial charge in [-0.1, -0.05) is 38.3 Å². The molecule has 0 saturated carbocycles. The van der Waals surface area contributed by atoms with Crippen molar-refractivity contribution in [2.24, 2.45) is 0 Å². The fourth-order valence-electron chi connectivity index (χ4n) is 1.75. The number of ether oxygens (including phenoxy) is 1. The minimum absolute atomic E-state index is 0.260. The van der Waals surface area contributed by atoms with E-state index in [0.29, 0.717) is 0 Å². The zero-order valence-corrected chi connectivity index (χ0v) is 10.8. The second kappa shape index (κ2) is 9.06. The Balaban J connectivity index is 2.20. The highest BCUT2D eigenvalue weighted by Gasteiger charge is 1.96. The van der Waals surface area contributed by atoms with Crippen molar-refractivity contribution in [1.29, 1.82) is 0 Å². The third-order valence-corrected chi connectivity index (χ3v) is 2.81. The monoisotopic (exact) mass is 236 g/mol. The molecule has 0 unspecified atom stereocenters. The lowest BCUT2D eigenvalue weighted by atomic mass is 10.1. The number of unbranched alkanes of at least 4 members (excludes halogenated alkanes) is 3. The minimum atomic E-state index is 0.260. The number of hydrogen-bond donors (Lipinski definition) is 1. The van der Waals surface area contributed by atoms with Crippen LogP contribution in [0.3, 0.4) is 0 Å². The first-order valence-corrected chi connectivity index (χ1v) is 6.69. The van der Waals surface area contributed by atoms with E-state index in [1.165, 1.54) is 24.8 Å². The SMILES string of the molecule is CCCCCCOc1ccc(CCCO)cc1. The summed E-state index contributed by atoms with van der Waals surface area (Å²) in [5.74, 6) is 0.953. The van der Waals surface area contributed by atoms with Crippen molar-refractivity contribution in [1.82, 2.24) is 0 Å². The quantitative estimate of drug-likeness (QED) is 0.664. The van der Waals surface area contributed by atoms with Gasteiger partial charge in [-0.15, -0.1) is 0 Å². The van der Waals surface area contributed by atoms with Gasteiger partial charge in [-0.3, -0.25) is 0 Å². The van der Waals surface area contributed by atoms with Gasteiger partial charge < -0.3 is 9.84 Å². The number of hydrogen-bond acceptors (Lipinski definition) is 2. The van der Waals surface area contributed by atoms with Crippen molar-refractivity contribution in [2.75, 3.05) is 13.2 Å². The van der Waals surface area contributed by atoms with Crippen LogP contribution in [0.5, 0.6) is 5.75 Å². The molecule has 17 heavy (non-hydrogen) atoms. The zero-order chi connectivity index (χ0) is 12.3. The Kier molecular flexibility index (Phi) is 7.48. The molecule has 0 saturated heterocycles. The molecule has 2 nitrogen and oxygen atoms in total. The highest BCUT2D eigenvalue weighted by atomic mass is 16.5. The summed E-state index contributed by atoms with van der Waals surface area (Å²) in [7, 11) is 0. The van der Waals surface area contributed by atoms with Crippen LogP contribution in [0.1, 0.15) is 44.6 Å². The van der Waals surface area contributed by atoms with Gasteiger partial charge in [0, 0.05) is 6.61 Å². The second-order valence-corrected chi connectivity index (χ2v) is 4.38. The maximum Gasteiger partial charge on any atom is 0.119 e. The normalized spacial score (nSPS) is 10.5. The molecule has 0 heterocycles. The van der Waals surface area contributed by atoms with Gasteiger partial charge in [0.25, 0.3) is 0 Å². The highest BCUT2D eigenvalue weighted by Crippen LogP contribution is 2.14. The largest absolute Gasteiger partial charge is 0.494 e. The highest BCUT2D eigenvalue weighted by molar-refractivity contribution is 5.27. The van der Waals surface area contributed by atoms with E-state index in [4.69, 9.17) is 9.84 Å². The summed E-state index contributed by atoms with van der Waals surface area (Å²) in [6.45, 7) is 3.29. The molecule has 96 valence electrons. The van der Waals surface area contributed by atoms with Crippen molar-refractivity contribution < 1.29 is 9.84 Å². The summed E-state index contributed by atoms with van der Waals surface area (Å²) in [6.07, 6.45) is 6.72. The molecule has 1 N–H and O–H groups in total. The molecule has 0 fully saturated rings. The Morgan fingerprint density at radius 2 is 1.76 bits per heavy atom. The number of rotatable bonds is 9. The fraction of sp³-hybridized carbons (Fsp3) is 0.600. The molecular formula is C15H24O2. The molecule has 0 radical (unpaired) electrons. The lowest BCUT2D eigenvalue weighted by Gasteiger charge is -2.06. The molecule has 0 amide bonds. The number of aliphatic hydroxyl groups excluding tert-OH is 1. The first kappa shape index (κ1) is 14.0. The van der Waals surface area contributed by atoms with Crippen LogP contribution in [0.15, 0.2) is 24.3 Å². The van der Waals surface area contributed by atoms with E-state index < -0.39 is 0 Å². The number of aryl methyl sites for hydroxylation is 1. The first-order chi connectivity index (χ1) is 8.36. The molecule has 1 aromatic carbocycles. The second-order valence-electron chi connectivity index (χ2n) is 4.38. The van der Waals surface area contributed by atoms with Crippen LogP contribution in [0, 0.1) is 0 Å². The molecule has 1 rings (SSSR count). The third-order valence-electron chi connectivity index (χ3n) is 2.81. The van der Waals surface area contributed by atoms with E-state index in [1.54, 1.807) is 0 Å². The van der Waals surface area contributed by atoms with Gasteiger partial charge in [0.1, 0.15) is 5.75 Å². The van der Waals surface area contributed by atoms with Crippen molar-refractivity contribution in [3.63, 3.8) is 0 Å². The van der Waals surface area contributed by atoms with Crippen LogP contribution in [0.25, 0.3) is 0 Å². The molecule has 0 aromatic heterocycles. The van der Waals surface area contributed by atoms with Crippen molar-refractivity contribution >= 4 is 0 Å². The molecule has 2 heteroatoms. The number of benzene rings is 1. The summed E-state index contributed by atoms with van der Waals surface area (Å²) in [5.41, 5.74) is 1.26. The Hall–Kier alpha value is -1.02. The van der Waals surface area contributed by atoms with Gasteiger partial charge in [-0.2, -0.15) is 0 Å². The van der Waals surface area contributed by atoms with Gasteiger partial charge in [0.05, 0.1) is 6.61 Å². The van der Waals surface area contributed by atoms with Gasteiger partial charge >= 0.3 is 0 Å². The Morgan fingerprint density at radius 1 is 1.00 bits per heavy atom. The summed E-state index contributed by atoms with van der Waals surface area (Å²) in [6, 6.07) is 8.20. The molecule has 0 atom stereocenters. The Bertz CT molecular complexity index is 279. The van der Waals surface area contributed by atoms with Crippen LogP contribution in [0.4, 0.5) is 0 Å². The lowest BCUT2D eigenvalue weighted by molar-refractivity contribution is 0.288. The van der Waals surface area contributed by atoms with E-state index >= 15 is 0 Å². The molecule has 0 aliphatic heterocycles. The average molecular weight is 236 g/mol. The van der Waals surface area contributed by atoms with Crippen molar-refractivity contribution in [3.05, 3.63) is 29.8 Å². The van der Waals surface area contributed by atoms with Crippen LogP contribution in [-0.4, -0.2) is 18.3 Å². The fourth-order valence-corrected chi connectivity index (χ4v) is 1.75. The van der Waals surface area contributed by atoms with Crippen LogP contribution >= 0.6 is 0 Å². The summed E-state index contributed by atoms with van der Waals surface area (Å²) in [5, 5.41) is 8.74. The molecule has 0 aliphatic carbocycles. The minimum Gasteiger partial charge on any atom is -0.494 e. The summed E-state index contributed by atoms with van der Waals surface area (Å²) < 4.78 is 5.66. The van der Waals surface area contributed by atoms with Crippen LogP contribution in [0.2, 0.25) is 0 Å². The first-order valence-electron chi connectivity index (χ1n) is 6.69. The summed E-state index contributed by atoms with van der Waals surface area (Å²) in [4.78, 5) is 0. The predicted octanol–water partition coefficient (Wildman–Crippen LogP) is 3.57. The van der Waals surface area contributed by atoms with Crippen LogP contribution in [-0.2, 0) is 6.42 Å².